The second kappa shape index (κ2) is 11.2. The number of thiol groups is 1. The molecule has 3 heterocycles. The van der Waals surface area contributed by atoms with Gasteiger partial charge in [0, 0.05) is 22.8 Å². The molecule has 0 amide bonds. The van der Waals surface area contributed by atoms with Crippen LogP contribution in [0.5, 0.6) is 0 Å². The van der Waals surface area contributed by atoms with Gasteiger partial charge in [-0.15, -0.1) is 5.10 Å². The molecule has 1 unspecified atom stereocenters. The highest BCUT2D eigenvalue weighted by Gasteiger charge is 2.53. The molecule has 224 valence electrons. The standard InChI is InChI=1S/C26H28F6N4O4S/c27-15-8-13(9-16(28)20(15)29)17-10-36(35-34-17)22-18(38)12-41(19(11-37)23(22)39)24(25(40)5-1-2-6-25)21-14(26(30,31)32)4-3-7-33-21/h3-4,7-10,18-19,22-24,37-41H,1-2,5-6,11-12H2/t18-,19+,22-,23-,24+/m0/s1. The second-order valence-corrected chi connectivity index (χ2v) is 13.1. The zero-order valence-corrected chi connectivity index (χ0v) is 22.3. The quantitative estimate of drug-likeness (QED) is 0.165. The molecule has 1 aliphatic heterocycles. The third-order valence-corrected chi connectivity index (χ3v) is 11.5. The van der Waals surface area contributed by atoms with E-state index in [0.29, 0.717) is 25.0 Å². The summed E-state index contributed by atoms with van der Waals surface area (Å²) in [6.07, 6.45) is -3.89. The summed E-state index contributed by atoms with van der Waals surface area (Å²) in [6, 6.07) is 2.17. The van der Waals surface area contributed by atoms with Crippen LogP contribution in [0.1, 0.15) is 48.2 Å². The van der Waals surface area contributed by atoms with Gasteiger partial charge in [-0.3, -0.25) is 4.98 Å². The monoisotopic (exact) mass is 606 g/mol. The van der Waals surface area contributed by atoms with E-state index >= 15 is 0 Å². The highest BCUT2D eigenvalue weighted by atomic mass is 32.2. The van der Waals surface area contributed by atoms with Gasteiger partial charge in [0.1, 0.15) is 11.7 Å². The molecule has 41 heavy (non-hydrogen) atoms. The molecule has 3 aromatic rings. The van der Waals surface area contributed by atoms with Crippen LogP contribution in [0, 0.1) is 17.5 Å². The van der Waals surface area contributed by atoms with Gasteiger partial charge in [0.25, 0.3) is 0 Å². The molecule has 4 N–H and O–H groups in total. The van der Waals surface area contributed by atoms with Crippen LogP contribution in [-0.2, 0) is 6.18 Å². The normalized spacial score (nSPS) is 28.1. The van der Waals surface area contributed by atoms with Gasteiger partial charge in [0.15, 0.2) is 17.5 Å². The molecule has 15 heteroatoms. The summed E-state index contributed by atoms with van der Waals surface area (Å²) < 4.78 is 84.2. The number of aromatic nitrogens is 4. The summed E-state index contributed by atoms with van der Waals surface area (Å²) in [5, 5.41) is 50.1. The summed E-state index contributed by atoms with van der Waals surface area (Å²) in [7, 11) is -1.91. The number of hydrogen-bond acceptors (Lipinski definition) is 7. The molecule has 1 saturated carbocycles. The number of hydrogen-bond donors (Lipinski definition) is 5. The minimum absolute atomic E-state index is 0.1000. The number of pyridine rings is 1. The summed E-state index contributed by atoms with van der Waals surface area (Å²) in [6.45, 7) is -0.674. The van der Waals surface area contributed by atoms with Crippen LogP contribution < -0.4 is 0 Å². The van der Waals surface area contributed by atoms with E-state index in [9.17, 15) is 46.8 Å². The van der Waals surface area contributed by atoms with Gasteiger partial charge in [0.05, 0.1) is 47.1 Å². The van der Waals surface area contributed by atoms with E-state index in [4.69, 9.17) is 0 Å². The lowest BCUT2D eigenvalue weighted by molar-refractivity contribution is -0.138. The second-order valence-electron chi connectivity index (χ2n) is 10.5. The Morgan fingerprint density at radius 1 is 1.10 bits per heavy atom. The molecular weight excluding hydrogens is 578 g/mol. The Hall–Kier alpha value is -2.72. The summed E-state index contributed by atoms with van der Waals surface area (Å²) in [4.78, 5) is 4.04. The maximum atomic E-state index is 14.1. The van der Waals surface area contributed by atoms with Crippen molar-refractivity contribution in [2.24, 2.45) is 0 Å². The predicted octanol–water partition coefficient (Wildman–Crippen LogP) is 3.46. The van der Waals surface area contributed by atoms with Crippen molar-refractivity contribution in [3.63, 3.8) is 0 Å². The number of alkyl halides is 3. The molecule has 0 radical (unpaired) electrons. The third-order valence-electron chi connectivity index (χ3n) is 7.96. The highest BCUT2D eigenvalue weighted by Crippen LogP contribution is 2.61. The fourth-order valence-corrected chi connectivity index (χ4v) is 9.75. The van der Waals surface area contributed by atoms with Crippen LogP contribution in [0.25, 0.3) is 11.3 Å². The smallest absolute Gasteiger partial charge is 0.395 e. The van der Waals surface area contributed by atoms with E-state index < -0.39 is 86.7 Å². The topological polar surface area (TPSA) is 125 Å². The number of benzene rings is 1. The predicted molar refractivity (Wildman–Crippen MR) is 137 cm³/mol. The molecule has 0 spiro atoms. The first kappa shape index (κ1) is 29.8. The molecule has 2 fully saturated rings. The van der Waals surface area contributed by atoms with Gasteiger partial charge in [-0.25, -0.2) is 28.7 Å². The molecule has 2 aliphatic rings. The largest absolute Gasteiger partial charge is 0.418 e. The fraction of sp³-hybridized carbons (Fsp3) is 0.500. The van der Waals surface area contributed by atoms with Crippen molar-refractivity contribution in [3.05, 3.63) is 65.4 Å². The highest BCUT2D eigenvalue weighted by molar-refractivity contribution is 8.18. The zero-order chi connectivity index (χ0) is 29.7. The van der Waals surface area contributed by atoms with Gasteiger partial charge in [-0.2, -0.15) is 13.2 Å². The number of rotatable bonds is 6. The average Bonchev–Trinajstić information content (AvgIpc) is 3.57. The van der Waals surface area contributed by atoms with Gasteiger partial charge in [0.2, 0.25) is 0 Å². The number of aliphatic hydroxyl groups excluding tert-OH is 3. The molecule has 8 nitrogen and oxygen atoms in total. The Morgan fingerprint density at radius 2 is 1.76 bits per heavy atom. The Morgan fingerprint density at radius 3 is 2.37 bits per heavy atom. The van der Waals surface area contributed by atoms with E-state index in [0.717, 1.165) is 16.8 Å². The van der Waals surface area contributed by atoms with Crippen molar-refractivity contribution in [2.75, 3.05) is 12.4 Å². The Labute approximate surface area is 233 Å². The first-order valence-electron chi connectivity index (χ1n) is 12.9. The maximum absolute atomic E-state index is 14.1. The van der Waals surface area contributed by atoms with Crippen LogP contribution >= 0.6 is 10.9 Å². The lowest BCUT2D eigenvalue weighted by Gasteiger charge is -2.51. The molecule has 1 aliphatic carbocycles. The average molecular weight is 607 g/mol. The van der Waals surface area contributed by atoms with Gasteiger partial charge < -0.3 is 20.4 Å². The van der Waals surface area contributed by atoms with E-state index in [1.165, 1.54) is 12.4 Å². The van der Waals surface area contributed by atoms with E-state index in [1.54, 1.807) is 0 Å². The van der Waals surface area contributed by atoms with Crippen molar-refractivity contribution < 1.29 is 46.8 Å². The van der Waals surface area contributed by atoms with Crippen molar-refractivity contribution in [3.8, 4) is 11.3 Å². The number of aliphatic hydroxyl groups is 4. The molecule has 5 rings (SSSR count). The summed E-state index contributed by atoms with van der Waals surface area (Å²) in [5.41, 5.74) is -3.29. The van der Waals surface area contributed by atoms with E-state index in [1.807, 2.05) is 0 Å². The summed E-state index contributed by atoms with van der Waals surface area (Å²) in [5.74, 6) is -4.76. The van der Waals surface area contributed by atoms with Crippen molar-refractivity contribution in [1.29, 1.82) is 0 Å². The van der Waals surface area contributed by atoms with E-state index in [2.05, 4.69) is 15.3 Å². The fourth-order valence-electron chi connectivity index (χ4n) is 6.07. The molecule has 2 aromatic heterocycles. The van der Waals surface area contributed by atoms with Crippen molar-refractivity contribution in [2.45, 2.75) is 66.2 Å². The Kier molecular flexibility index (Phi) is 8.11. The Bertz CT molecular complexity index is 1380. The van der Waals surface area contributed by atoms with Crippen LogP contribution in [0.15, 0.2) is 36.7 Å². The van der Waals surface area contributed by atoms with Crippen LogP contribution in [0.3, 0.4) is 0 Å². The minimum atomic E-state index is -4.78. The SMILES string of the molecule is OC[C@@H]1[C@H](O)[C@@H](n2cc(-c3cc(F)c(F)c(F)c3)nn2)[C@@H](O)C[SH]1[C@H](c1ncccc1C(F)(F)F)C1(O)CCCC1. The molecule has 6 atom stereocenters. The Balaban J connectivity index is 1.52. The third kappa shape index (κ3) is 5.45. The minimum Gasteiger partial charge on any atom is -0.395 e. The first-order chi connectivity index (χ1) is 19.4. The summed E-state index contributed by atoms with van der Waals surface area (Å²) >= 11 is 0. The molecule has 1 aromatic carbocycles. The van der Waals surface area contributed by atoms with Crippen molar-refractivity contribution >= 4 is 10.9 Å². The molecular formula is C26H28F6N4O4S. The van der Waals surface area contributed by atoms with Gasteiger partial charge >= 0.3 is 6.18 Å². The lowest BCUT2D eigenvalue weighted by Crippen LogP contribution is -2.52. The molecule has 0 bridgehead atoms. The van der Waals surface area contributed by atoms with Gasteiger partial charge in [-0.1, -0.05) is 18.1 Å². The zero-order valence-electron chi connectivity index (χ0n) is 21.4. The van der Waals surface area contributed by atoms with Gasteiger partial charge in [-0.05, 0) is 37.1 Å². The van der Waals surface area contributed by atoms with E-state index in [-0.39, 0.29) is 29.9 Å². The molecule has 1 saturated heterocycles. The van der Waals surface area contributed by atoms with Crippen LogP contribution in [0.4, 0.5) is 26.3 Å². The van der Waals surface area contributed by atoms with Crippen LogP contribution in [0.2, 0.25) is 0 Å². The maximum Gasteiger partial charge on any atom is 0.418 e. The number of nitrogens with zero attached hydrogens (tertiary/aromatic N) is 4. The lowest BCUT2D eigenvalue weighted by atomic mass is 9.92. The van der Waals surface area contributed by atoms with Crippen LogP contribution in [-0.4, -0.2) is 75.8 Å². The number of halogens is 6. The van der Waals surface area contributed by atoms with Crippen molar-refractivity contribution in [1.82, 2.24) is 20.0 Å². The first-order valence-corrected chi connectivity index (χ1v) is 14.6.